The van der Waals surface area contributed by atoms with E-state index in [0.29, 0.717) is 18.1 Å². The maximum absolute atomic E-state index is 5.35. The largest absolute Gasteiger partial charge is 0.383 e. The van der Waals surface area contributed by atoms with Crippen molar-refractivity contribution in [3.8, 4) is 0 Å². The van der Waals surface area contributed by atoms with Gasteiger partial charge in [-0.1, -0.05) is 13.3 Å². The molecule has 1 saturated heterocycles. The van der Waals surface area contributed by atoms with Gasteiger partial charge in [0.05, 0.1) is 6.61 Å². The fraction of sp³-hybridized carbons (Fsp3) is 1.00. The van der Waals surface area contributed by atoms with Crippen LogP contribution in [0.3, 0.4) is 0 Å². The molecule has 1 N–H and O–H groups in total. The third-order valence-electron chi connectivity index (χ3n) is 3.79. The molecule has 0 aromatic carbocycles. The second-order valence-electron chi connectivity index (χ2n) is 4.99. The summed E-state index contributed by atoms with van der Waals surface area (Å²) in [4.78, 5) is 2.64. The summed E-state index contributed by atoms with van der Waals surface area (Å²) in [6.07, 6.45) is 5.03. The van der Waals surface area contributed by atoms with Crippen molar-refractivity contribution in [1.29, 1.82) is 0 Å². The first-order valence-electron chi connectivity index (χ1n) is 6.64. The number of rotatable bonds is 6. The van der Waals surface area contributed by atoms with Crippen LogP contribution in [0.2, 0.25) is 0 Å². The number of nitrogens with one attached hydrogen (secondary N) is 1. The van der Waals surface area contributed by atoms with Crippen LogP contribution in [0.25, 0.3) is 0 Å². The summed E-state index contributed by atoms with van der Waals surface area (Å²) in [5, 5.41) is 3.40. The third-order valence-corrected chi connectivity index (χ3v) is 3.79. The molecule has 1 aliphatic rings. The molecule has 1 rings (SSSR count). The minimum absolute atomic E-state index is 0.614. The summed E-state index contributed by atoms with van der Waals surface area (Å²) in [5.74, 6) is 0. The lowest BCUT2D eigenvalue weighted by atomic mass is 9.95. The highest BCUT2D eigenvalue weighted by molar-refractivity contribution is 4.86. The van der Waals surface area contributed by atoms with E-state index in [4.69, 9.17) is 4.74 Å². The zero-order chi connectivity index (χ0) is 12.0. The Labute approximate surface area is 101 Å². The van der Waals surface area contributed by atoms with Gasteiger partial charge in [-0.25, -0.2) is 0 Å². The highest BCUT2D eigenvalue weighted by Gasteiger charge is 2.29. The van der Waals surface area contributed by atoms with Crippen LogP contribution in [0.15, 0.2) is 0 Å². The molecule has 0 saturated carbocycles. The van der Waals surface area contributed by atoms with Crippen LogP contribution in [0.1, 0.15) is 39.5 Å². The Morgan fingerprint density at radius 2 is 2.25 bits per heavy atom. The zero-order valence-corrected chi connectivity index (χ0v) is 11.3. The van der Waals surface area contributed by atoms with E-state index in [1.54, 1.807) is 0 Å². The fourth-order valence-electron chi connectivity index (χ4n) is 2.87. The Morgan fingerprint density at radius 3 is 2.75 bits per heavy atom. The Balaban J connectivity index is 2.50. The summed E-state index contributed by atoms with van der Waals surface area (Å²) < 4.78 is 5.35. The lowest BCUT2D eigenvalue weighted by molar-refractivity contribution is 0.0342. The zero-order valence-electron chi connectivity index (χ0n) is 11.3. The number of hydrogen-bond acceptors (Lipinski definition) is 3. The van der Waals surface area contributed by atoms with E-state index in [1.165, 1.54) is 32.2 Å². The summed E-state index contributed by atoms with van der Waals surface area (Å²) in [5.41, 5.74) is 0. The average molecular weight is 228 g/mol. The highest BCUT2D eigenvalue weighted by atomic mass is 16.5. The van der Waals surface area contributed by atoms with Gasteiger partial charge in [0.1, 0.15) is 0 Å². The SMILES string of the molecule is CCCC(COC)N1CCC(NC)CC1C. The lowest BCUT2D eigenvalue weighted by Gasteiger charge is -2.42. The molecule has 3 heteroatoms. The normalized spacial score (nSPS) is 29.2. The van der Waals surface area contributed by atoms with E-state index in [-0.39, 0.29) is 0 Å². The number of methoxy groups -OCH3 is 1. The molecule has 0 aromatic rings. The van der Waals surface area contributed by atoms with Gasteiger partial charge in [-0.05, 0) is 33.2 Å². The highest BCUT2D eigenvalue weighted by Crippen LogP contribution is 2.21. The molecule has 0 amide bonds. The maximum atomic E-state index is 5.35. The van der Waals surface area contributed by atoms with Gasteiger partial charge in [0, 0.05) is 31.8 Å². The molecular weight excluding hydrogens is 200 g/mol. The number of piperidine rings is 1. The van der Waals surface area contributed by atoms with Gasteiger partial charge in [-0.15, -0.1) is 0 Å². The van der Waals surface area contributed by atoms with Crippen molar-refractivity contribution in [2.45, 2.75) is 57.7 Å². The first-order valence-corrected chi connectivity index (χ1v) is 6.64. The van der Waals surface area contributed by atoms with Gasteiger partial charge >= 0.3 is 0 Å². The van der Waals surface area contributed by atoms with Crippen LogP contribution in [-0.2, 0) is 4.74 Å². The lowest BCUT2D eigenvalue weighted by Crippen LogP contribution is -2.52. The van der Waals surface area contributed by atoms with E-state index < -0.39 is 0 Å². The van der Waals surface area contributed by atoms with Crippen LogP contribution in [0, 0.1) is 0 Å². The first-order chi connectivity index (χ1) is 7.72. The van der Waals surface area contributed by atoms with E-state index in [2.05, 4.69) is 31.1 Å². The molecule has 0 bridgehead atoms. The van der Waals surface area contributed by atoms with E-state index in [9.17, 15) is 0 Å². The molecule has 0 aromatic heterocycles. The van der Waals surface area contributed by atoms with Crippen molar-refractivity contribution in [2.24, 2.45) is 0 Å². The average Bonchev–Trinajstić information content (AvgIpc) is 2.29. The predicted octanol–water partition coefficient (Wildman–Crippen LogP) is 1.87. The molecule has 0 radical (unpaired) electrons. The third kappa shape index (κ3) is 3.72. The number of hydrogen-bond donors (Lipinski definition) is 1. The van der Waals surface area contributed by atoms with Crippen LogP contribution >= 0.6 is 0 Å². The molecule has 1 fully saturated rings. The first kappa shape index (κ1) is 13.9. The number of likely N-dealkylation sites (tertiary alicyclic amines) is 1. The minimum atomic E-state index is 0.614. The Bertz CT molecular complexity index is 181. The van der Waals surface area contributed by atoms with Gasteiger partial charge in [-0.2, -0.15) is 0 Å². The van der Waals surface area contributed by atoms with Crippen LogP contribution in [0.5, 0.6) is 0 Å². The summed E-state index contributed by atoms with van der Waals surface area (Å²) in [6, 6.07) is 2.00. The van der Waals surface area contributed by atoms with Gasteiger partial charge in [-0.3, -0.25) is 4.90 Å². The second-order valence-corrected chi connectivity index (χ2v) is 4.99. The molecule has 1 heterocycles. The van der Waals surface area contributed by atoms with E-state index in [1.807, 2.05) is 7.11 Å². The summed E-state index contributed by atoms with van der Waals surface area (Å²) in [6.45, 7) is 6.69. The molecule has 3 atom stereocenters. The molecule has 3 nitrogen and oxygen atoms in total. The summed E-state index contributed by atoms with van der Waals surface area (Å²) in [7, 11) is 3.89. The number of ether oxygens (including phenoxy) is 1. The molecule has 16 heavy (non-hydrogen) atoms. The van der Waals surface area contributed by atoms with Crippen LogP contribution < -0.4 is 5.32 Å². The molecule has 1 aliphatic heterocycles. The molecule has 0 spiro atoms. The van der Waals surface area contributed by atoms with Crippen molar-refractivity contribution in [3.63, 3.8) is 0 Å². The second kappa shape index (κ2) is 7.25. The fourth-order valence-corrected chi connectivity index (χ4v) is 2.87. The predicted molar refractivity (Wildman–Crippen MR) is 68.8 cm³/mol. The standard InChI is InChI=1S/C13H28N2O/c1-5-6-13(10-16-4)15-8-7-12(14-3)9-11(15)2/h11-14H,5-10H2,1-4H3. The van der Waals surface area contributed by atoms with Crippen molar-refractivity contribution >= 4 is 0 Å². The van der Waals surface area contributed by atoms with Gasteiger partial charge in [0.2, 0.25) is 0 Å². The van der Waals surface area contributed by atoms with Crippen LogP contribution in [0.4, 0.5) is 0 Å². The Morgan fingerprint density at radius 1 is 1.50 bits per heavy atom. The van der Waals surface area contributed by atoms with E-state index in [0.717, 1.165) is 6.61 Å². The van der Waals surface area contributed by atoms with Crippen molar-refractivity contribution in [1.82, 2.24) is 10.2 Å². The Hall–Kier alpha value is -0.120. The van der Waals surface area contributed by atoms with Crippen molar-refractivity contribution in [2.75, 3.05) is 27.3 Å². The minimum Gasteiger partial charge on any atom is -0.383 e. The van der Waals surface area contributed by atoms with Crippen LogP contribution in [-0.4, -0.2) is 50.3 Å². The maximum Gasteiger partial charge on any atom is 0.0618 e. The van der Waals surface area contributed by atoms with Crippen molar-refractivity contribution < 1.29 is 4.74 Å². The molecule has 0 aliphatic carbocycles. The van der Waals surface area contributed by atoms with Gasteiger partial charge in [0.25, 0.3) is 0 Å². The topological polar surface area (TPSA) is 24.5 Å². The van der Waals surface area contributed by atoms with Gasteiger partial charge < -0.3 is 10.1 Å². The number of nitrogens with zero attached hydrogens (tertiary/aromatic N) is 1. The van der Waals surface area contributed by atoms with Gasteiger partial charge in [0.15, 0.2) is 0 Å². The smallest absolute Gasteiger partial charge is 0.0618 e. The molecule has 3 unspecified atom stereocenters. The Kier molecular flexibility index (Phi) is 6.32. The quantitative estimate of drug-likeness (QED) is 0.751. The molecule has 96 valence electrons. The summed E-state index contributed by atoms with van der Waals surface area (Å²) >= 11 is 0. The van der Waals surface area contributed by atoms with E-state index >= 15 is 0 Å². The monoisotopic (exact) mass is 228 g/mol. The van der Waals surface area contributed by atoms with Crippen molar-refractivity contribution in [3.05, 3.63) is 0 Å². The molecular formula is C13H28N2O.